The predicted molar refractivity (Wildman–Crippen MR) is 64.3 cm³/mol. The fraction of sp³-hybridized carbons (Fsp3) is 0.692. The molecule has 2 N–H and O–H groups in total. The number of hydrogen-bond acceptors (Lipinski definition) is 3. The van der Waals surface area contributed by atoms with Crippen LogP contribution in [0.25, 0.3) is 0 Å². The molecule has 0 saturated carbocycles. The minimum Gasteiger partial charge on any atom is -0.368 e. The Labute approximate surface area is 96.5 Å². The zero-order chi connectivity index (χ0) is 11.3. The van der Waals surface area contributed by atoms with E-state index in [0.29, 0.717) is 17.8 Å². The van der Waals surface area contributed by atoms with Crippen LogP contribution in [0.4, 0.5) is 5.95 Å². The van der Waals surface area contributed by atoms with Gasteiger partial charge in [-0.05, 0) is 43.1 Å². The summed E-state index contributed by atoms with van der Waals surface area (Å²) in [5, 5.41) is 0. The Balaban J connectivity index is 2.18. The molecule has 3 rings (SSSR count). The molecule has 3 heteroatoms. The highest BCUT2D eigenvalue weighted by Crippen LogP contribution is 2.49. The third-order valence-corrected chi connectivity index (χ3v) is 4.34. The van der Waals surface area contributed by atoms with Gasteiger partial charge in [-0.2, -0.15) is 0 Å². The lowest BCUT2D eigenvalue weighted by atomic mass is 9.73. The lowest BCUT2D eigenvalue weighted by Crippen LogP contribution is -2.22. The second kappa shape index (κ2) is 3.44. The molecule has 2 aliphatic rings. The summed E-state index contributed by atoms with van der Waals surface area (Å²) in [5.41, 5.74) is 9.78. The van der Waals surface area contributed by atoms with E-state index >= 15 is 0 Å². The first kappa shape index (κ1) is 10.1. The molecule has 0 radical (unpaired) electrons. The van der Waals surface area contributed by atoms with Gasteiger partial charge in [0, 0.05) is 11.6 Å². The maximum Gasteiger partial charge on any atom is 0.220 e. The Bertz CT molecular complexity index is 427. The van der Waals surface area contributed by atoms with Crippen LogP contribution < -0.4 is 5.73 Å². The Morgan fingerprint density at radius 2 is 2.19 bits per heavy atom. The van der Waals surface area contributed by atoms with Gasteiger partial charge in [0.2, 0.25) is 5.95 Å². The zero-order valence-corrected chi connectivity index (χ0v) is 10.0. The van der Waals surface area contributed by atoms with E-state index in [1.165, 1.54) is 29.8 Å². The molecule has 0 aliphatic heterocycles. The molecule has 1 aromatic heterocycles. The lowest BCUT2D eigenvalue weighted by molar-refractivity contribution is 0.347. The van der Waals surface area contributed by atoms with Crippen molar-refractivity contribution in [2.45, 2.75) is 51.4 Å². The van der Waals surface area contributed by atoms with Crippen LogP contribution in [0.5, 0.6) is 0 Å². The van der Waals surface area contributed by atoms with Gasteiger partial charge in [0.15, 0.2) is 0 Å². The minimum absolute atomic E-state index is 0.474. The van der Waals surface area contributed by atoms with Crippen LogP contribution in [0.15, 0.2) is 0 Å². The van der Waals surface area contributed by atoms with Crippen molar-refractivity contribution in [3.05, 3.63) is 17.0 Å². The molecule has 2 aliphatic carbocycles. The average Bonchev–Trinajstić information content (AvgIpc) is 2.62. The molecule has 3 nitrogen and oxygen atoms in total. The van der Waals surface area contributed by atoms with Crippen molar-refractivity contribution < 1.29 is 0 Å². The Kier molecular flexibility index (Phi) is 2.16. The monoisotopic (exact) mass is 217 g/mol. The zero-order valence-electron chi connectivity index (χ0n) is 10.0. The molecule has 0 fully saturated rings. The normalized spacial score (nSPS) is 31.5. The van der Waals surface area contributed by atoms with Crippen LogP contribution in [0.2, 0.25) is 0 Å². The maximum absolute atomic E-state index is 5.82. The van der Waals surface area contributed by atoms with E-state index < -0.39 is 0 Å². The number of nitrogen functional groups attached to an aromatic ring is 1. The highest BCUT2D eigenvalue weighted by atomic mass is 15.0. The molecule has 0 aromatic carbocycles. The number of hydrogen-bond donors (Lipinski definition) is 1. The van der Waals surface area contributed by atoms with Gasteiger partial charge in [-0.25, -0.2) is 9.97 Å². The molecule has 16 heavy (non-hydrogen) atoms. The lowest BCUT2D eigenvalue weighted by Gasteiger charge is -2.33. The first-order valence-corrected chi connectivity index (χ1v) is 6.36. The number of nitrogens with zero attached hydrogens (tertiary/aromatic N) is 2. The highest BCUT2D eigenvalue weighted by molar-refractivity contribution is 5.42. The SMILES string of the molecule is CC[C@H]1c2nc(N)nc3c2[C@@H](CC3)C[C@H]1C. The number of rotatable bonds is 1. The van der Waals surface area contributed by atoms with Crippen LogP contribution in [0.1, 0.15) is 61.9 Å². The number of aryl methyl sites for hydroxylation is 1. The topological polar surface area (TPSA) is 51.8 Å². The van der Waals surface area contributed by atoms with E-state index in [4.69, 9.17) is 5.73 Å². The van der Waals surface area contributed by atoms with E-state index in [1.54, 1.807) is 0 Å². The first-order chi connectivity index (χ1) is 7.70. The van der Waals surface area contributed by atoms with E-state index in [0.717, 1.165) is 18.8 Å². The molecule has 0 amide bonds. The predicted octanol–water partition coefficient (Wildman–Crippen LogP) is 2.62. The summed E-state index contributed by atoms with van der Waals surface area (Å²) in [6, 6.07) is 0. The second-order valence-electron chi connectivity index (χ2n) is 5.29. The van der Waals surface area contributed by atoms with Crippen molar-refractivity contribution in [2.75, 3.05) is 5.73 Å². The van der Waals surface area contributed by atoms with E-state index in [2.05, 4.69) is 23.8 Å². The van der Waals surface area contributed by atoms with Crippen molar-refractivity contribution in [3.8, 4) is 0 Å². The van der Waals surface area contributed by atoms with E-state index in [9.17, 15) is 0 Å². The molecule has 1 aromatic rings. The van der Waals surface area contributed by atoms with Gasteiger partial charge in [-0.1, -0.05) is 13.8 Å². The van der Waals surface area contributed by atoms with Crippen molar-refractivity contribution >= 4 is 5.95 Å². The second-order valence-corrected chi connectivity index (χ2v) is 5.29. The molecule has 86 valence electrons. The van der Waals surface area contributed by atoms with Gasteiger partial charge < -0.3 is 5.73 Å². The van der Waals surface area contributed by atoms with Crippen molar-refractivity contribution in [3.63, 3.8) is 0 Å². The smallest absolute Gasteiger partial charge is 0.220 e. The largest absolute Gasteiger partial charge is 0.368 e. The molecule has 0 unspecified atom stereocenters. The van der Waals surface area contributed by atoms with Crippen LogP contribution in [-0.4, -0.2) is 9.97 Å². The summed E-state index contributed by atoms with van der Waals surface area (Å²) in [6.07, 6.45) is 4.83. The van der Waals surface area contributed by atoms with Gasteiger partial charge >= 0.3 is 0 Å². The van der Waals surface area contributed by atoms with Crippen LogP contribution in [0, 0.1) is 5.92 Å². The molecular weight excluding hydrogens is 198 g/mol. The summed E-state index contributed by atoms with van der Waals surface area (Å²) >= 11 is 0. The Morgan fingerprint density at radius 3 is 2.94 bits per heavy atom. The van der Waals surface area contributed by atoms with Gasteiger partial charge in [0.05, 0.1) is 5.69 Å². The standard InChI is InChI=1S/C13H19N3/c1-3-9-7(2)6-8-4-5-10-11(8)12(9)16-13(14)15-10/h7-9H,3-6H2,1-2H3,(H2,14,15,16)/t7-,8+,9-/m1/s1. The fourth-order valence-corrected chi connectivity index (χ4v) is 3.64. The molecule has 1 heterocycles. The van der Waals surface area contributed by atoms with Crippen LogP contribution in [0.3, 0.4) is 0 Å². The maximum atomic E-state index is 5.82. The van der Waals surface area contributed by atoms with Crippen molar-refractivity contribution in [1.82, 2.24) is 9.97 Å². The number of nitrogens with two attached hydrogens (primary N) is 1. The average molecular weight is 217 g/mol. The van der Waals surface area contributed by atoms with Crippen LogP contribution in [-0.2, 0) is 6.42 Å². The summed E-state index contributed by atoms with van der Waals surface area (Å²) in [6.45, 7) is 4.61. The summed E-state index contributed by atoms with van der Waals surface area (Å²) < 4.78 is 0. The van der Waals surface area contributed by atoms with E-state index in [-0.39, 0.29) is 0 Å². The molecule has 0 saturated heterocycles. The quantitative estimate of drug-likeness (QED) is 0.786. The highest BCUT2D eigenvalue weighted by Gasteiger charge is 2.38. The van der Waals surface area contributed by atoms with Gasteiger partial charge in [0.1, 0.15) is 0 Å². The molecule has 3 atom stereocenters. The van der Waals surface area contributed by atoms with Crippen LogP contribution >= 0.6 is 0 Å². The van der Waals surface area contributed by atoms with Gasteiger partial charge in [0.25, 0.3) is 0 Å². The molecular formula is C13H19N3. The number of anilines is 1. The third-order valence-electron chi connectivity index (χ3n) is 4.34. The first-order valence-electron chi connectivity index (χ1n) is 6.36. The third kappa shape index (κ3) is 1.27. The molecule has 0 bridgehead atoms. The summed E-state index contributed by atoms with van der Waals surface area (Å²) in [4.78, 5) is 8.94. The Morgan fingerprint density at radius 1 is 1.38 bits per heavy atom. The Hall–Kier alpha value is -1.12. The van der Waals surface area contributed by atoms with Crippen molar-refractivity contribution in [2.24, 2.45) is 5.92 Å². The summed E-state index contributed by atoms with van der Waals surface area (Å²) in [5.74, 6) is 2.52. The van der Waals surface area contributed by atoms with Crippen molar-refractivity contribution in [1.29, 1.82) is 0 Å². The summed E-state index contributed by atoms with van der Waals surface area (Å²) in [7, 11) is 0. The minimum atomic E-state index is 0.474. The fourth-order valence-electron chi connectivity index (χ4n) is 3.64. The number of aromatic nitrogens is 2. The molecule has 0 spiro atoms. The van der Waals surface area contributed by atoms with Gasteiger partial charge in [-0.15, -0.1) is 0 Å². The van der Waals surface area contributed by atoms with E-state index in [1.807, 2.05) is 0 Å². The van der Waals surface area contributed by atoms with Gasteiger partial charge in [-0.3, -0.25) is 0 Å².